The first-order valence-corrected chi connectivity index (χ1v) is 4.41. The minimum absolute atomic E-state index is 0.0234. The summed E-state index contributed by atoms with van der Waals surface area (Å²) in [6.45, 7) is 2.51. The highest BCUT2D eigenvalue weighted by Gasteiger charge is 2.43. The molecule has 2 rings (SSSR count). The Morgan fingerprint density at radius 2 is 2.23 bits per heavy atom. The Kier molecular flexibility index (Phi) is 1.27. The molecule has 3 heteroatoms. The van der Waals surface area contributed by atoms with Crippen LogP contribution in [0.25, 0.3) is 0 Å². The van der Waals surface area contributed by atoms with Crippen molar-refractivity contribution in [1.29, 1.82) is 0 Å². The van der Waals surface area contributed by atoms with Gasteiger partial charge in [0.25, 0.3) is 0 Å². The Labute approximate surface area is 86.4 Å². The zero-order valence-corrected chi connectivity index (χ0v) is 8.14. The van der Waals surface area contributed by atoms with E-state index in [9.17, 15) is 0 Å². The Bertz CT molecular complexity index is 371. The van der Waals surface area contributed by atoms with Gasteiger partial charge >= 0.3 is 0 Å². The Balaban J connectivity index is 2.49. The topological polar surface area (TPSA) is 27.7 Å². The van der Waals surface area contributed by atoms with Crippen molar-refractivity contribution in [2.45, 2.75) is 45.1 Å². The first-order chi connectivity index (χ1) is 7.87. The molecule has 0 aliphatic carbocycles. The Hall–Kier alpha value is -0.120. The largest absolute Gasteiger partial charge is 0.370 e. The van der Waals surface area contributed by atoms with Crippen LogP contribution in [0, 0.1) is 5.89 Å². The monoisotopic (exact) mass is 191 g/mol. The molecule has 2 heterocycles. The average molecular weight is 191 g/mol. The highest BCUT2D eigenvalue weighted by molar-refractivity contribution is 4.85. The van der Waals surface area contributed by atoms with E-state index in [0.29, 0.717) is 0 Å². The molecule has 0 amide bonds. The fourth-order valence-electron chi connectivity index (χ4n) is 1.28. The van der Waals surface area contributed by atoms with Crippen LogP contribution in [-0.2, 0) is 14.2 Å². The molecule has 2 saturated heterocycles. The molecule has 0 aromatic carbocycles. The van der Waals surface area contributed by atoms with Crippen molar-refractivity contribution in [2.75, 3.05) is 13.2 Å². The molecule has 0 unspecified atom stereocenters. The van der Waals surface area contributed by atoms with E-state index in [2.05, 4.69) is 0 Å². The first-order valence-electron chi connectivity index (χ1n) is 6.91. The van der Waals surface area contributed by atoms with Crippen LogP contribution in [0.2, 0.25) is 0 Å². The highest BCUT2D eigenvalue weighted by Crippen LogP contribution is 2.34. The van der Waals surface area contributed by atoms with Crippen LogP contribution in [0.5, 0.6) is 0 Å². The molecule has 2 aliphatic rings. The van der Waals surface area contributed by atoms with Crippen LogP contribution < -0.4 is 0 Å². The molecule has 76 valence electrons. The summed E-state index contributed by atoms with van der Waals surface area (Å²) in [7, 11) is 0. The van der Waals surface area contributed by atoms with Crippen LogP contribution in [0.1, 0.15) is 34.0 Å². The summed E-state index contributed by atoms with van der Waals surface area (Å²) in [5, 5.41) is 0. The Morgan fingerprint density at radius 3 is 2.92 bits per heavy atom. The standard InChI is InChI=1S/C10H18O3/c1-10(2,3)13-8-6-12-9-7(8)4-5-11-9/h7-9H,4-6H2,1-3H3/t7-,8-,9+/m0/s1/i6D2,7D,8D,9D. The van der Waals surface area contributed by atoms with Gasteiger partial charge in [-0.05, 0) is 27.2 Å². The third-order valence-corrected chi connectivity index (χ3v) is 1.75. The molecule has 0 aromatic rings. The number of hydrogen-bond acceptors (Lipinski definition) is 3. The van der Waals surface area contributed by atoms with E-state index in [1.165, 1.54) is 0 Å². The van der Waals surface area contributed by atoms with E-state index in [4.69, 9.17) is 21.1 Å². The van der Waals surface area contributed by atoms with E-state index in [-0.39, 0.29) is 13.0 Å². The summed E-state index contributed by atoms with van der Waals surface area (Å²) in [6.07, 6.45) is -4.48. The molecule has 3 nitrogen and oxygen atoms in total. The number of rotatable bonds is 1. The van der Waals surface area contributed by atoms with E-state index in [1.54, 1.807) is 20.8 Å². The van der Waals surface area contributed by atoms with E-state index >= 15 is 0 Å². The smallest absolute Gasteiger partial charge is 0.163 e. The quantitative estimate of drug-likeness (QED) is 0.629. The van der Waals surface area contributed by atoms with Gasteiger partial charge < -0.3 is 14.2 Å². The van der Waals surface area contributed by atoms with E-state index in [0.717, 1.165) is 0 Å². The lowest BCUT2D eigenvalue weighted by atomic mass is 10.0. The Morgan fingerprint density at radius 1 is 1.46 bits per heavy atom. The predicted molar refractivity (Wildman–Crippen MR) is 48.4 cm³/mol. The van der Waals surface area contributed by atoms with Crippen LogP contribution in [0.4, 0.5) is 0 Å². The maximum Gasteiger partial charge on any atom is 0.163 e. The zero-order valence-electron chi connectivity index (χ0n) is 13.1. The van der Waals surface area contributed by atoms with Crippen molar-refractivity contribution in [3.05, 3.63) is 0 Å². The SMILES string of the molecule is [2H]C1([2H])O[C@@]2([2H])OCC[C@@]2([2H])[C@@]1([2H])OC(C)(C)C. The van der Waals surface area contributed by atoms with Gasteiger partial charge in [-0.3, -0.25) is 0 Å². The van der Waals surface area contributed by atoms with Gasteiger partial charge in [-0.1, -0.05) is 0 Å². The second kappa shape index (κ2) is 3.23. The van der Waals surface area contributed by atoms with Crippen molar-refractivity contribution in [2.24, 2.45) is 5.89 Å². The molecule has 3 atom stereocenters. The van der Waals surface area contributed by atoms with Crippen LogP contribution >= 0.6 is 0 Å². The average Bonchev–Trinajstić information content (AvgIpc) is 2.43. The molecule has 2 aliphatic heterocycles. The number of ether oxygens (including phenoxy) is 3. The summed E-state index contributed by atoms with van der Waals surface area (Å²) < 4.78 is 55.5. The highest BCUT2D eigenvalue weighted by atomic mass is 16.7. The summed E-state index contributed by atoms with van der Waals surface area (Å²) in [5.74, 6) is -1.92. The lowest BCUT2D eigenvalue weighted by Crippen LogP contribution is -2.32. The van der Waals surface area contributed by atoms with Crippen molar-refractivity contribution in [3.63, 3.8) is 0 Å². The minimum Gasteiger partial charge on any atom is -0.370 e. The van der Waals surface area contributed by atoms with Crippen LogP contribution in [-0.4, -0.2) is 31.1 Å². The summed E-state index contributed by atoms with van der Waals surface area (Å²) in [6, 6.07) is 0. The third kappa shape index (κ3) is 2.03. The predicted octanol–water partition coefficient (Wildman–Crippen LogP) is 1.56. The first kappa shape index (κ1) is 5.10. The van der Waals surface area contributed by atoms with Gasteiger partial charge in [0, 0.05) is 7.26 Å². The van der Waals surface area contributed by atoms with Crippen molar-refractivity contribution in [3.8, 4) is 0 Å². The van der Waals surface area contributed by atoms with Gasteiger partial charge in [0.15, 0.2) is 6.27 Å². The molecular weight excluding hydrogens is 168 g/mol. The molecular formula is C10H18O3. The third-order valence-electron chi connectivity index (χ3n) is 1.75. The lowest BCUT2D eigenvalue weighted by Gasteiger charge is -2.26. The molecule has 0 radical (unpaired) electrons. The van der Waals surface area contributed by atoms with Gasteiger partial charge in [0.05, 0.1) is 30.3 Å². The molecule has 0 bridgehead atoms. The van der Waals surface area contributed by atoms with Crippen LogP contribution in [0.15, 0.2) is 0 Å². The fraction of sp³-hybridized carbons (Fsp3) is 1.00. The van der Waals surface area contributed by atoms with Gasteiger partial charge in [0.1, 0.15) is 0 Å². The van der Waals surface area contributed by atoms with E-state index in [1.807, 2.05) is 0 Å². The van der Waals surface area contributed by atoms with Gasteiger partial charge in [-0.2, -0.15) is 0 Å². The summed E-state index contributed by atoms with van der Waals surface area (Å²) >= 11 is 0. The van der Waals surface area contributed by atoms with Crippen LogP contribution in [0.3, 0.4) is 0 Å². The molecule has 0 aromatic heterocycles. The molecule has 13 heavy (non-hydrogen) atoms. The van der Waals surface area contributed by atoms with Gasteiger partial charge in [-0.25, -0.2) is 0 Å². The van der Waals surface area contributed by atoms with Gasteiger partial charge in [-0.15, -0.1) is 0 Å². The normalized spacial score (nSPS) is 65.9. The number of fused-ring (bicyclic) bond motifs is 1. The van der Waals surface area contributed by atoms with Crippen molar-refractivity contribution >= 4 is 0 Å². The maximum atomic E-state index is 8.29. The summed E-state index contributed by atoms with van der Waals surface area (Å²) in [4.78, 5) is 0. The van der Waals surface area contributed by atoms with Crippen molar-refractivity contribution in [1.82, 2.24) is 0 Å². The summed E-state index contributed by atoms with van der Waals surface area (Å²) in [5.41, 5.74) is -0.833. The number of hydrogen-bond donors (Lipinski definition) is 0. The maximum absolute atomic E-state index is 8.29. The second-order valence-electron chi connectivity index (χ2n) is 4.11. The second-order valence-corrected chi connectivity index (χ2v) is 4.11. The van der Waals surface area contributed by atoms with E-state index < -0.39 is 30.4 Å². The van der Waals surface area contributed by atoms with Gasteiger partial charge in [0.2, 0.25) is 0 Å². The minimum atomic E-state index is -2.58. The fourth-order valence-corrected chi connectivity index (χ4v) is 1.28. The van der Waals surface area contributed by atoms with Crippen molar-refractivity contribution < 1.29 is 21.1 Å². The molecule has 2 fully saturated rings. The zero-order chi connectivity index (χ0) is 14.0. The molecule has 0 saturated carbocycles. The molecule has 0 spiro atoms. The molecule has 0 N–H and O–H groups in total. The lowest BCUT2D eigenvalue weighted by molar-refractivity contribution is -0.0929.